The zero-order valence-corrected chi connectivity index (χ0v) is 49.7. The van der Waals surface area contributed by atoms with E-state index in [1.807, 2.05) is 0 Å². The predicted molar refractivity (Wildman–Crippen MR) is 383 cm³/mol. The Morgan fingerprint density at radius 2 is 0.554 bits per heavy atom. The van der Waals surface area contributed by atoms with Crippen LogP contribution in [0.15, 0.2) is 315 Å². The van der Waals surface area contributed by atoms with Gasteiger partial charge in [-0.2, -0.15) is 0 Å². The fourth-order valence-electron chi connectivity index (χ4n) is 15.4. The number of fused-ring (bicyclic) bond motifs is 15. The number of nitrogens with zero attached hydrogens (tertiary/aromatic N) is 6. The monoisotopic (exact) mass is 1170 g/mol. The summed E-state index contributed by atoms with van der Waals surface area (Å²) in [7, 11) is 0. The second kappa shape index (κ2) is 19.6. The summed E-state index contributed by atoms with van der Waals surface area (Å²) < 4.78 is 9.72. The molecule has 14 aromatic carbocycles. The van der Waals surface area contributed by atoms with E-state index in [1.54, 1.807) is 0 Å². The van der Waals surface area contributed by atoms with Crippen molar-refractivity contribution < 1.29 is 0 Å². The van der Waals surface area contributed by atoms with Gasteiger partial charge in [0.2, 0.25) is 0 Å². The summed E-state index contributed by atoms with van der Waals surface area (Å²) in [4.78, 5) is 11.2. The van der Waals surface area contributed by atoms with E-state index in [4.69, 9.17) is 9.97 Å². The second-order valence-electron chi connectivity index (χ2n) is 24.4. The maximum absolute atomic E-state index is 5.73. The lowest BCUT2D eigenvalue weighted by molar-refractivity contribution is 1.13. The Balaban J connectivity index is 0.816. The van der Waals surface area contributed by atoms with E-state index in [1.165, 1.54) is 87.1 Å². The van der Waals surface area contributed by atoms with Gasteiger partial charge in [0.1, 0.15) is 0 Å². The van der Waals surface area contributed by atoms with Gasteiger partial charge < -0.3 is 18.3 Å². The molecule has 0 unspecified atom stereocenters. The fourth-order valence-corrected chi connectivity index (χ4v) is 15.4. The third kappa shape index (κ3) is 7.43. The smallest absolute Gasteiger partial charge is 0.160 e. The molecule has 92 heavy (non-hydrogen) atoms. The quantitative estimate of drug-likeness (QED) is 0.152. The van der Waals surface area contributed by atoms with Crippen LogP contribution in [0.5, 0.6) is 0 Å². The van der Waals surface area contributed by atoms with Crippen molar-refractivity contribution in [3.8, 4) is 90.0 Å². The maximum atomic E-state index is 5.73. The van der Waals surface area contributed by atoms with Gasteiger partial charge in [-0.15, -0.1) is 0 Å². The Kier molecular flexibility index (Phi) is 10.8. The van der Waals surface area contributed by atoms with Gasteiger partial charge in [-0.25, -0.2) is 9.97 Å². The third-order valence-corrected chi connectivity index (χ3v) is 19.4. The average molecular weight is 1170 g/mol. The van der Waals surface area contributed by atoms with Crippen molar-refractivity contribution in [1.29, 1.82) is 0 Å². The number of hydrogen-bond acceptors (Lipinski definition) is 2. The van der Waals surface area contributed by atoms with Crippen LogP contribution in [0.3, 0.4) is 0 Å². The predicted octanol–water partition coefficient (Wildman–Crippen LogP) is 22.3. The molecular weight excluding hydrogens is 1120 g/mol. The van der Waals surface area contributed by atoms with E-state index in [2.05, 4.69) is 334 Å². The van der Waals surface area contributed by atoms with Crippen LogP contribution in [-0.4, -0.2) is 28.2 Å². The van der Waals surface area contributed by atoms with Crippen LogP contribution in [0.25, 0.3) is 188 Å². The van der Waals surface area contributed by atoms with E-state index < -0.39 is 0 Å². The molecule has 0 fully saturated rings. The van der Waals surface area contributed by atoms with Crippen LogP contribution in [0.4, 0.5) is 0 Å². The average Bonchev–Trinajstić information content (AvgIpc) is 1.66. The summed E-state index contributed by atoms with van der Waals surface area (Å²) in [5.41, 5.74) is 25.4. The lowest BCUT2D eigenvalue weighted by atomic mass is 9.98. The molecule has 5 heterocycles. The zero-order chi connectivity index (χ0) is 60.1. The SMILES string of the molecule is c1ccc(-c2nc(-c3cc(-n4c5ccccc5c5cc(-c6ccc7c(c6)c6ccccc6n7-c6ccccc6)ccc54)cc(-n4c5ccccc5c5cc(-c6ccc7c(c6)c6ccccc6n7-c6ccccc6)ccc54)c3)c3c(n2)-c2cccc4cccc-3c24)cc1. The van der Waals surface area contributed by atoms with E-state index in [0.29, 0.717) is 5.82 Å². The van der Waals surface area contributed by atoms with Crippen molar-refractivity contribution >= 4 is 98.0 Å². The highest BCUT2D eigenvalue weighted by molar-refractivity contribution is 6.19. The molecule has 20 rings (SSSR count). The molecule has 0 spiro atoms. The van der Waals surface area contributed by atoms with Gasteiger partial charge in [0.15, 0.2) is 5.82 Å². The lowest BCUT2D eigenvalue weighted by Gasteiger charge is -2.18. The molecular formula is C86H52N6. The molecule has 426 valence electrons. The Bertz CT molecular complexity index is 6000. The molecule has 0 aliphatic heterocycles. The van der Waals surface area contributed by atoms with E-state index >= 15 is 0 Å². The molecule has 6 nitrogen and oxygen atoms in total. The highest BCUT2D eigenvalue weighted by atomic mass is 15.0. The summed E-state index contributed by atoms with van der Waals surface area (Å²) >= 11 is 0. The van der Waals surface area contributed by atoms with E-state index in [0.717, 1.165) is 95.1 Å². The largest absolute Gasteiger partial charge is 0.309 e. The molecule has 1 aliphatic rings. The molecule has 0 bridgehead atoms. The summed E-state index contributed by atoms with van der Waals surface area (Å²) in [5.74, 6) is 0.690. The molecule has 0 radical (unpaired) electrons. The van der Waals surface area contributed by atoms with Crippen molar-refractivity contribution in [1.82, 2.24) is 28.2 Å². The first-order chi connectivity index (χ1) is 45.6. The first-order valence-corrected chi connectivity index (χ1v) is 31.5. The molecule has 0 atom stereocenters. The Hall–Kier alpha value is -12.4. The van der Waals surface area contributed by atoms with Crippen LogP contribution in [-0.2, 0) is 0 Å². The van der Waals surface area contributed by atoms with Crippen molar-refractivity contribution in [2.24, 2.45) is 0 Å². The van der Waals surface area contributed by atoms with E-state index in [9.17, 15) is 0 Å². The van der Waals surface area contributed by atoms with Crippen molar-refractivity contribution in [2.45, 2.75) is 0 Å². The minimum atomic E-state index is 0.690. The standard InChI is InChI=1S/C86H52N6/c1-4-20-54(21-5-1)86-87-84(83-68-32-18-22-53-23-19-33-69(82(53)68)85(83)88-86)59-46-62(91-76-36-16-12-30-66(76)72-50-57(40-44-80(72)91)55-38-42-78-70(48-55)64-28-10-14-34-74(64)89(78)60-24-6-2-7-25-60)52-63(47-59)92-77-37-17-13-31-67(77)73-51-58(41-45-81(73)92)56-39-43-79-71(49-56)65-29-11-15-35-75(65)90(79)61-26-8-3-9-27-61/h1-52H. The number of aromatic nitrogens is 6. The molecule has 19 aromatic rings. The molecule has 0 N–H and O–H groups in total. The Labute approximate surface area is 528 Å². The zero-order valence-electron chi connectivity index (χ0n) is 49.7. The van der Waals surface area contributed by atoms with Crippen molar-refractivity contribution in [3.05, 3.63) is 315 Å². The minimum absolute atomic E-state index is 0.690. The van der Waals surface area contributed by atoms with Gasteiger partial charge in [-0.1, -0.05) is 200 Å². The van der Waals surface area contributed by atoms with Gasteiger partial charge in [-0.05, 0) is 154 Å². The summed E-state index contributed by atoms with van der Waals surface area (Å²) in [5, 5.41) is 12.0. The van der Waals surface area contributed by atoms with Crippen molar-refractivity contribution in [3.63, 3.8) is 0 Å². The number of para-hydroxylation sites is 6. The normalized spacial score (nSPS) is 12.1. The minimum Gasteiger partial charge on any atom is -0.309 e. The van der Waals surface area contributed by atoms with Crippen LogP contribution >= 0.6 is 0 Å². The molecule has 6 heteroatoms. The molecule has 1 aliphatic carbocycles. The lowest BCUT2D eigenvalue weighted by Crippen LogP contribution is -2.02. The molecule has 0 saturated heterocycles. The first kappa shape index (κ1) is 50.6. The highest BCUT2D eigenvalue weighted by Crippen LogP contribution is 2.51. The summed E-state index contributed by atoms with van der Waals surface area (Å²) in [6.07, 6.45) is 0. The Morgan fingerprint density at radius 3 is 0.978 bits per heavy atom. The van der Waals surface area contributed by atoms with Gasteiger partial charge in [0.25, 0.3) is 0 Å². The maximum Gasteiger partial charge on any atom is 0.160 e. The van der Waals surface area contributed by atoms with E-state index in [-0.39, 0.29) is 0 Å². The van der Waals surface area contributed by atoms with Gasteiger partial charge in [-0.3, -0.25) is 0 Å². The second-order valence-corrected chi connectivity index (χ2v) is 24.4. The topological polar surface area (TPSA) is 45.5 Å². The highest BCUT2D eigenvalue weighted by Gasteiger charge is 2.30. The van der Waals surface area contributed by atoms with Crippen LogP contribution < -0.4 is 0 Å². The fraction of sp³-hybridized carbons (Fsp3) is 0. The molecule has 0 amide bonds. The van der Waals surface area contributed by atoms with Gasteiger partial charge in [0, 0.05) is 88.1 Å². The Morgan fingerprint density at radius 1 is 0.207 bits per heavy atom. The van der Waals surface area contributed by atoms with Crippen molar-refractivity contribution in [2.75, 3.05) is 0 Å². The summed E-state index contributed by atoms with van der Waals surface area (Å²) in [6, 6.07) is 116. The summed E-state index contributed by atoms with van der Waals surface area (Å²) in [6.45, 7) is 0. The van der Waals surface area contributed by atoms with Crippen LogP contribution in [0, 0.1) is 0 Å². The number of hydrogen-bond donors (Lipinski definition) is 0. The number of rotatable bonds is 8. The number of benzene rings is 14. The molecule has 0 saturated carbocycles. The molecule has 5 aromatic heterocycles. The van der Waals surface area contributed by atoms with Gasteiger partial charge >= 0.3 is 0 Å². The first-order valence-electron chi connectivity index (χ1n) is 31.5. The third-order valence-electron chi connectivity index (χ3n) is 19.4. The van der Waals surface area contributed by atoms with Gasteiger partial charge in [0.05, 0.1) is 55.5 Å². The van der Waals surface area contributed by atoms with Crippen LogP contribution in [0.1, 0.15) is 0 Å². The van der Waals surface area contributed by atoms with Crippen LogP contribution in [0.2, 0.25) is 0 Å².